The van der Waals surface area contributed by atoms with Gasteiger partial charge >= 0.3 is 0 Å². The largest absolute Gasteiger partial charge is 0.356 e. The second-order valence-electron chi connectivity index (χ2n) is 5.47. The molecule has 1 atom stereocenters. The number of sulfone groups is 1. The molecule has 1 saturated heterocycles. The monoisotopic (exact) mass is 344 g/mol. The normalized spacial score (nSPS) is 21.0. The van der Waals surface area contributed by atoms with Crippen molar-refractivity contribution in [3.63, 3.8) is 0 Å². The van der Waals surface area contributed by atoms with E-state index >= 15 is 0 Å². The number of nitrogens with zero attached hydrogens (tertiary/aromatic N) is 2. The Hall–Kier alpha value is -1.15. The Kier molecular flexibility index (Phi) is 6.19. The van der Waals surface area contributed by atoms with Crippen LogP contribution in [-0.4, -0.2) is 51.0 Å². The molecule has 0 spiro atoms. The molecule has 2 N–H and O–H groups in total. The molecule has 0 saturated carbocycles. The van der Waals surface area contributed by atoms with E-state index in [-0.39, 0.29) is 11.7 Å². The summed E-state index contributed by atoms with van der Waals surface area (Å²) in [5.41, 5.74) is 0. The van der Waals surface area contributed by atoms with Crippen LogP contribution < -0.4 is 10.6 Å². The van der Waals surface area contributed by atoms with Crippen molar-refractivity contribution in [2.75, 3.05) is 31.6 Å². The molecule has 0 bridgehead atoms. The predicted octanol–water partition coefficient (Wildman–Crippen LogP) is 0.848. The van der Waals surface area contributed by atoms with Gasteiger partial charge in [-0.3, -0.25) is 4.99 Å². The van der Waals surface area contributed by atoms with Crippen molar-refractivity contribution >= 4 is 27.1 Å². The molecule has 1 unspecified atom stereocenters. The highest BCUT2D eigenvalue weighted by molar-refractivity contribution is 7.91. The number of aryl methyl sites for hydroxylation is 1. The van der Waals surface area contributed by atoms with Crippen LogP contribution in [0.5, 0.6) is 0 Å². The van der Waals surface area contributed by atoms with Gasteiger partial charge in [0.25, 0.3) is 0 Å². The van der Waals surface area contributed by atoms with Gasteiger partial charge < -0.3 is 10.6 Å². The van der Waals surface area contributed by atoms with Crippen molar-refractivity contribution < 1.29 is 8.42 Å². The van der Waals surface area contributed by atoms with E-state index in [2.05, 4.69) is 27.5 Å². The summed E-state index contributed by atoms with van der Waals surface area (Å²) >= 11 is 1.75. The van der Waals surface area contributed by atoms with Crippen LogP contribution in [0.4, 0.5) is 0 Å². The van der Waals surface area contributed by atoms with E-state index in [1.54, 1.807) is 18.4 Å². The van der Waals surface area contributed by atoms with E-state index in [0.717, 1.165) is 36.8 Å². The number of rotatable bonds is 6. The molecule has 0 radical (unpaired) electrons. The minimum absolute atomic E-state index is 0.189. The van der Waals surface area contributed by atoms with Crippen LogP contribution in [0.1, 0.15) is 23.2 Å². The van der Waals surface area contributed by atoms with Gasteiger partial charge in [0.05, 0.1) is 16.5 Å². The fraction of sp³-hybridized carbons (Fsp3) is 0.714. The molecular weight excluding hydrogens is 320 g/mol. The quantitative estimate of drug-likeness (QED) is 0.590. The number of hydrogen-bond acceptors (Lipinski definition) is 5. The lowest BCUT2D eigenvalue weighted by Gasteiger charge is -2.14. The molecule has 2 rings (SSSR count). The summed E-state index contributed by atoms with van der Waals surface area (Å²) in [5, 5.41) is 7.58. The third-order valence-corrected chi connectivity index (χ3v) is 6.73. The SMILES string of the molecule is CCc1cnc(CCNC(=NC)NCC2CCS(=O)(=O)C2)s1. The third kappa shape index (κ3) is 5.24. The molecule has 6 nitrogen and oxygen atoms in total. The highest BCUT2D eigenvalue weighted by Gasteiger charge is 2.27. The Morgan fingerprint density at radius 1 is 1.50 bits per heavy atom. The van der Waals surface area contributed by atoms with E-state index < -0.39 is 9.84 Å². The van der Waals surface area contributed by atoms with Gasteiger partial charge in [-0.15, -0.1) is 11.3 Å². The van der Waals surface area contributed by atoms with Crippen molar-refractivity contribution in [3.8, 4) is 0 Å². The molecule has 0 aliphatic carbocycles. The molecule has 1 aliphatic heterocycles. The van der Waals surface area contributed by atoms with E-state index in [1.165, 1.54) is 4.88 Å². The first-order chi connectivity index (χ1) is 10.5. The number of thiazole rings is 1. The molecular formula is C14H24N4O2S2. The molecule has 22 heavy (non-hydrogen) atoms. The molecule has 8 heteroatoms. The lowest BCUT2D eigenvalue weighted by atomic mass is 10.1. The maximum absolute atomic E-state index is 11.4. The summed E-state index contributed by atoms with van der Waals surface area (Å²) in [4.78, 5) is 9.86. The zero-order valence-electron chi connectivity index (χ0n) is 13.1. The van der Waals surface area contributed by atoms with Gasteiger partial charge in [-0.1, -0.05) is 6.92 Å². The first kappa shape index (κ1) is 17.2. The zero-order chi connectivity index (χ0) is 16.0. The van der Waals surface area contributed by atoms with E-state index in [4.69, 9.17) is 0 Å². The number of nitrogens with one attached hydrogen (secondary N) is 2. The maximum Gasteiger partial charge on any atom is 0.190 e. The van der Waals surface area contributed by atoms with Crippen molar-refractivity contribution in [1.82, 2.24) is 15.6 Å². The fourth-order valence-corrected chi connectivity index (χ4v) is 5.13. The summed E-state index contributed by atoms with van der Waals surface area (Å²) < 4.78 is 22.9. The molecule has 0 amide bonds. The molecule has 1 aromatic rings. The highest BCUT2D eigenvalue weighted by atomic mass is 32.2. The first-order valence-electron chi connectivity index (χ1n) is 7.61. The smallest absolute Gasteiger partial charge is 0.190 e. The zero-order valence-corrected chi connectivity index (χ0v) is 14.8. The van der Waals surface area contributed by atoms with E-state index in [9.17, 15) is 8.42 Å². The fourth-order valence-electron chi connectivity index (χ4n) is 2.41. The van der Waals surface area contributed by atoms with Crippen LogP contribution >= 0.6 is 11.3 Å². The standard InChI is InChI=1S/C14H24N4O2S2/c1-3-12-9-17-13(21-12)4-6-16-14(15-2)18-8-11-5-7-22(19,20)10-11/h9,11H,3-8,10H2,1-2H3,(H2,15,16,18). The molecule has 1 fully saturated rings. The second-order valence-corrected chi connectivity index (χ2v) is 8.90. The number of aromatic nitrogens is 1. The van der Waals surface area contributed by atoms with Gasteiger partial charge in [-0.05, 0) is 18.8 Å². The number of aliphatic imine (C=N–C) groups is 1. The molecule has 0 aromatic carbocycles. The van der Waals surface area contributed by atoms with Crippen LogP contribution in [0.15, 0.2) is 11.2 Å². The average molecular weight is 345 g/mol. The maximum atomic E-state index is 11.4. The van der Waals surface area contributed by atoms with Crippen molar-refractivity contribution in [1.29, 1.82) is 0 Å². The Labute approximate surface area is 136 Å². The van der Waals surface area contributed by atoms with E-state index in [0.29, 0.717) is 12.3 Å². The van der Waals surface area contributed by atoms with Crippen LogP contribution in [-0.2, 0) is 22.7 Å². The lowest BCUT2D eigenvalue weighted by Crippen LogP contribution is -2.40. The topological polar surface area (TPSA) is 83.4 Å². The third-order valence-electron chi connectivity index (χ3n) is 3.69. The van der Waals surface area contributed by atoms with Crippen molar-refractivity contribution in [2.45, 2.75) is 26.2 Å². The summed E-state index contributed by atoms with van der Waals surface area (Å²) in [6.45, 7) is 3.54. The Morgan fingerprint density at radius 3 is 2.91 bits per heavy atom. The van der Waals surface area contributed by atoms with Gasteiger partial charge in [-0.25, -0.2) is 13.4 Å². The van der Waals surface area contributed by atoms with Crippen LogP contribution in [0.2, 0.25) is 0 Å². The molecule has 1 aliphatic rings. The predicted molar refractivity (Wildman–Crippen MR) is 91.3 cm³/mol. The summed E-state index contributed by atoms with van der Waals surface area (Å²) in [7, 11) is -1.09. The van der Waals surface area contributed by atoms with Gasteiger partial charge in [0.15, 0.2) is 15.8 Å². The van der Waals surface area contributed by atoms with Gasteiger partial charge in [0, 0.05) is 37.6 Å². The Balaban J connectivity index is 1.69. The van der Waals surface area contributed by atoms with Crippen molar-refractivity contribution in [2.24, 2.45) is 10.9 Å². The van der Waals surface area contributed by atoms with Gasteiger partial charge in [-0.2, -0.15) is 0 Å². The Bertz CT molecular complexity index is 610. The highest BCUT2D eigenvalue weighted by Crippen LogP contribution is 2.17. The Morgan fingerprint density at radius 2 is 2.32 bits per heavy atom. The molecule has 124 valence electrons. The number of guanidine groups is 1. The minimum Gasteiger partial charge on any atom is -0.356 e. The van der Waals surface area contributed by atoms with E-state index in [1.807, 2.05) is 6.20 Å². The molecule has 1 aromatic heterocycles. The summed E-state index contributed by atoms with van der Waals surface area (Å²) in [6.07, 6.45) is 4.57. The van der Waals surface area contributed by atoms with Gasteiger partial charge in [0.2, 0.25) is 0 Å². The summed E-state index contributed by atoms with van der Waals surface area (Å²) in [5.74, 6) is 1.51. The lowest BCUT2D eigenvalue weighted by molar-refractivity contribution is 0.567. The van der Waals surface area contributed by atoms with Gasteiger partial charge in [0.1, 0.15) is 0 Å². The first-order valence-corrected chi connectivity index (χ1v) is 10.2. The number of hydrogen-bond donors (Lipinski definition) is 2. The second kappa shape index (κ2) is 7.92. The molecule has 2 heterocycles. The van der Waals surface area contributed by atoms with Crippen LogP contribution in [0.25, 0.3) is 0 Å². The van der Waals surface area contributed by atoms with Crippen molar-refractivity contribution in [3.05, 3.63) is 16.1 Å². The average Bonchev–Trinajstić information content (AvgIpc) is 3.08. The summed E-state index contributed by atoms with van der Waals surface area (Å²) in [6, 6.07) is 0. The van der Waals surface area contributed by atoms with Crippen LogP contribution in [0, 0.1) is 5.92 Å². The minimum atomic E-state index is -2.81. The van der Waals surface area contributed by atoms with Crippen LogP contribution in [0.3, 0.4) is 0 Å².